The monoisotopic (exact) mass is 1940 g/mol. The van der Waals surface area contributed by atoms with E-state index in [-0.39, 0.29) is 106 Å². The summed E-state index contributed by atoms with van der Waals surface area (Å²) in [6, 6.07) is 29.2. The van der Waals surface area contributed by atoms with E-state index >= 15 is 0 Å². The normalized spacial score (nSPS) is 19.5. The van der Waals surface area contributed by atoms with Crippen molar-refractivity contribution in [3.05, 3.63) is 260 Å². The second-order valence-corrected chi connectivity index (χ2v) is 37.1. The van der Waals surface area contributed by atoms with Crippen molar-refractivity contribution in [1.82, 2.24) is 70.6 Å². The highest BCUT2D eigenvalue weighted by Gasteiger charge is 2.49. The van der Waals surface area contributed by atoms with Crippen LogP contribution in [-0.2, 0) is 41.9 Å². The molecule has 0 radical (unpaired) electrons. The van der Waals surface area contributed by atoms with Gasteiger partial charge in [-0.05, 0) is 247 Å². The highest BCUT2D eigenvalue weighted by atomic mass is 16.5. The minimum Gasteiger partial charge on any atom is -0.491 e. The number of piperidine rings is 6. The van der Waals surface area contributed by atoms with Crippen molar-refractivity contribution in [3.8, 4) is 17.2 Å². The average Bonchev–Trinajstić information content (AvgIpc) is 1.69. The summed E-state index contributed by atoms with van der Waals surface area (Å²) in [7, 11) is 0. The van der Waals surface area contributed by atoms with Crippen LogP contribution in [0.4, 0.5) is 17.1 Å². The lowest BCUT2D eigenvalue weighted by Crippen LogP contribution is -2.51. The number of allylic oxidation sites excluding steroid dienone is 6. The van der Waals surface area contributed by atoms with Crippen LogP contribution in [0.2, 0.25) is 0 Å². The number of amides is 12. The number of nitrogens with one attached hydrogen (secondary N) is 9. The molecule has 0 bridgehead atoms. The summed E-state index contributed by atoms with van der Waals surface area (Å²) in [6.07, 6.45) is 6.80. The highest BCUT2D eigenvalue weighted by Crippen LogP contribution is 2.40. The standard InChI is InChI=1S/C18H22N4O2.C18H21N3O3.C17H19N3O3.C17H21N3O2.C17H18N2O4.C17H20N2O3.2C2H6/c1-10(2)19-13-6-5-7-14-16(13)18(24)22(12(4)21-14)15-9-8-11(3)20-17(15)23;1-10(2)24-15-7-5-6-13-16(15)18(23)21(12(4)20-13)14-9-8-11(3)19-17(14)22;1-9(2)18-12-6-4-5-11-14(12)17(23)20(16(11)22)13-8-7-10(3)19-15(13)21;1-10(2)18-14-6-4-5-12-13(14)9-20(17(12)22)15-8-7-11(3)19-16(15)21;1-9(2)23-13-6-4-5-11-14(13)17(22)19(16(11)21)12-8-7-10(3)18-15(12)20;1-10(2)22-15-6-4-5-12-13(15)9-19(17(12)21)14-8-7-11(3)18-16(14)20;2*1-2/h5-7,10,15,19H,3,8-9H2,1-2,4H3,(H,20,23);5-7,10,14H,3,8-9H2,1-2,4H3,(H,19,22);4-6,9,13,18H,3,7-8H2,1-2H3,(H,19,21);4-6,10,15,18H,3,7-9H2,1-2H3,(H,19,21);4-6,9,12H,3,7-8H2,1-2H3,(H,18,20);4-6,10,14H,3,7-9H2,1-2H3,(H,18,20);2*1-2H3/t;;;15-;;14-;;/m...1.1../s1. The molecule has 12 heterocycles. The molecule has 10 aliphatic heterocycles. The van der Waals surface area contributed by atoms with Gasteiger partial charge in [-0.2, -0.15) is 0 Å². The summed E-state index contributed by atoms with van der Waals surface area (Å²) >= 11 is 0. The minimum absolute atomic E-state index is 0.0388. The van der Waals surface area contributed by atoms with Gasteiger partial charge >= 0.3 is 0 Å². The molecule has 12 amide bonds. The van der Waals surface area contributed by atoms with Crippen molar-refractivity contribution in [2.75, 3.05) is 16.0 Å². The van der Waals surface area contributed by atoms with Crippen molar-refractivity contribution >= 4 is 110 Å². The van der Waals surface area contributed by atoms with Crippen LogP contribution < -0.4 is 73.2 Å². The first-order chi connectivity index (χ1) is 67.5. The smallest absolute Gasteiger partial charge is 0.266 e. The number of benzene rings is 6. The SMILES string of the molecule is C=C1CCC(N2C(=O)c3cccc(NC(C)C)c3C2=O)C(=O)N1.C=C1CCC(N2C(=O)c3cccc(OC(C)C)c3C2=O)C(=O)N1.C=C1CCC(n2c(C)nc3cccc(NC(C)C)c3c2=O)C(=O)N1.C=C1CCC(n2c(C)nc3cccc(OC(C)C)c3c2=O)C(=O)N1.C=C1CC[C@@H](N2Cc3c(NC(C)C)cccc3C2=O)C(=O)N1.C=C1CC[C@@H](N2Cc3c(OC(C)C)cccc3C2=O)C(=O)N1.CC.CC. The zero-order valence-electron chi connectivity index (χ0n) is 84.5. The lowest BCUT2D eigenvalue weighted by molar-refractivity contribution is -0.127. The number of hydrogen-bond donors (Lipinski definition) is 9. The number of ether oxygens (including phenoxy) is 3. The number of rotatable bonds is 18. The lowest BCUT2D eigenvalue weighted by Gasteiger charge is -2.31. The molecular weight excluding hydrogens is 1810 g/mol. The van der Waals surface area contributed by atoms with Crippen LogP contribution in [0.15, 0.2) is 192 Å². The van der Waals surface area contributed by atoms with E-state index in [9.17, 15) is 67.1 Å². The van der Waals surface area contributed by atoms with Crippen molar-refractivity contribution in [2.45, 2.75) is 287 Å². The van der Waals surface area contributed by atoms with E-state index in [2.05, 4.69) is 111 Å². The highest BCUT2D eigenvalue weighted by molar-refractivity contribution is 6.26. The topological polar surface area (TPSA) is 424 Å². The first-order valence-electron chi connectivity index (χ1n) is 48.6. The Labute approximate surface area is 828 Å². The molecule has 9 N–H and O–H groups in total. The molecule has 10 aliphatic rings. The van der Waals surface area contributed by atoms with Crippen molar-refractivity contribution in [3.63, 3.8) is 0 Å². The van der Waals surface area contributed by atoms with Crippen LogP contribution in [0.1, 0.15) is 285 Å². The largest absolute Gasteiger partial charge is 0.491 e. The summed E-state index contributed by atoms with van der Waals surface area (Å²) in [5.41, 5.74) is 11.6. The molecule has 2 aromatic heterocycles. The predicted molar refractivity (Wildman–Crippen MR) is 547 cm³/mol. The number of anilines is 3. The number of hydrogen-bond acceptors (Lipinski definition) is 22. The molecule has 6 fully saturated rings. The van der Waals surface area contributed by atoms with Crippen LogP contribution in [0, 0.1) is 13.8 Å². The van der Waals surface area contributed by atoms with Gasteiger partial charge in [0.1, 0.15) is 70.5 Å². The Morgan fingerprint density at radius 1 is 0.317 bits per heavy atom. The van der Waals surface area contributed by atoms with Gasteiger partial charge in [0.2, 0.25) is 35.4 Å². The van der Waals surface area contributed by atoms with Gasteiger partial charge < -0.3 is 71.9 Å². The maximum absolute atomic E-state index is 13.2. The zero-order chi connectivity index (χ0) is 104. The molecule has 34 heteroatoms. The third-order valence-electron chi connectivity index (χ3n) is 24.3. The Balaban J connectivity index is 0.000000162. The molecule has 6 aromatic carbocycles. The molecule has 0 spiro atoms. The van der Waals surface area contributed by atoms with E-state index in [0.717, 1.165) is 43.7 Å². The summed E-state index contributed by atoms with van der Waals surface area (Å²) < 4.78 is 20.2. The Kier molecular flexibility index (Phi) is 35.3. The van der Waals surface area contributed by atoms with Gasteiger partial charge in [0.05, 0.1) is 63.5 Å². The van der Waals surface area contributed by atoms with Crippen LogP contribution in [0.25, 0.3) is 21.8 Å². The van der Waals surface area contributed by atoms with E-state index in [1.807, 2.05) is 152 Å². The molecule has 0 saturated carbocycles. The third kappa shape index (κ3) is 23.9. The average molecular weight is 1940 g/mol. The molecule has 8 aromatic rings. The lowest BCUT2D eigenvalue weighted by atomic mass is 10.0. The van der Waals surface area contributed by atoms with Crippen LogP contribution in [0.3, 0.4) is 0 Å². The van der Waals surface area contributed by atoms with Gasteiger partial charge in [-0.15, -0.1) is 0 Å². The molecular formula is C108H133N17O17. The fraction of sp³-hybridized carbons (Fsp3) is 0.407. The molecule has 6 atom stereocenters. The number of nitrogens with zero attached hydrogens (tertiary/aromatic N) is 8. The van der Waals surface area contributed by atoms with Gasteiger partial charge in [0.25, 0.3) is 46.6 Å². The molecule has 18 rings (SSSR count). The fourth-order valence-corrected chi connectivity index (χ4v) is 18.3. The maximum atomic E-state index is 13.2. The number of imide groups is 2. The molecule has 34 nitrogen and oxygen atoms in total. The third-order valence-corrected chi connectivity index (χ3v) is 24.3. The quantitative estimate of drug-likeness (QED) is 0.0360. The molecule has 6 saturated heterocycles. The first-order valence-corrected chi connectivity index (χ1v) is 48.6. The molecule has 4 unspecified atom stereocenters. The van der Waals surface area contributed by atoms with E-state index < -0.39 is 59.9 Å². The second-order valence-electron chi connectivity index (χ2n) is 37.1. The predicted octanol–water partition coefficient (Wildman–Crippen LogP) is 15.2. The second kappa shape index (κ2) is 46.8. The van der Waals surface area contributed by atoms with E-state index in [0.29, 0.717) is 192 Å². The van der Waals surface area contributed by atoms with Crippen molar-refractivity contribution < 1.29 is 71.7 Å². The van der Waals surface area contributed by atoms with Crippen molar-refractivity contribution in [2.24, 2.45) is 0 Å². The van der Waals surface area contributed by atoms with E-state index in [1.165, 1.54) is 9.13 Å². The number of carbonyl (C=O) groups excluding carboxylic acids is 12. The van der Waals surface area contributed by atoms with E-state index in [4.69, 9.17) is 14.2 Å². The summed E-state index contributed by atoms with van der Waals surface area (Å²) in [5, 5.41) is 27.0. The van der Waals surface area contributed by atoms with Crippen LogP contribution in [0.5, 0.6) is 17.2 Å². The van der Waals surface area contributed by atoms with Gasteiger partial charge in [-0.25, -0.2) is 9.97 Å². The fourth-order valence-electron chi connectivity index (χ4n) is 18.3. The Bertz CT molecular complexity index is 6110. The minimum atomic E-state index is -0.806. The maximum Gasteiger partial charge on any atom is 0.266 e. The molecule has 142 heavy (non-hydrogen) atoms. The van der Waals surface area contributed by atoms with Crippen molar-refractivity contribution in [1.29, 1.82) is 0 Å². The van der Waals surface area contributed by atoms with E-state index in [1.54, 1.807) is 78.2 Å². The first kappa shape index (κ1) is 107. The Morgan fingerprint density at radius 2 is 0.613 bits per heavy atom. The molecule has 0 aliphatic carbocycles. The number of aromatic nitrogens is 4. The Morgan fingerprint density at radius 3 is 1.03 bits per heavy atom. The summed E-state index contributed by atoms with van der Waals surface area (Å²) in [5.74, 6) is -0.692. The number of carbonyl (C=O) groups is 12. The van der Waals surface area contributed by atoms with Gasteiger partial charge in [-0.1, -0.05) is 104 Å². The summed E-state index contributed by atoms with van der Waals surface area (Å²) in [6.45, 7) is 58.4. The number of aryl methyl sites for hydroxylation is 2. The summed E-state index contributed by atoms with van der Waals surface area (Å²) in [4.78, 5) is 190. The van der Waals surface area contributed by atoms with Gasteiger partial charge in [-0.3, -0.25) is 86.1 Å². The van der Waals surface area contributed by atoms with Crippen LogP contribution >= 0.6 is 0 Å². The van der Waals surface area contributed by atoms with Gasteiger partial charge in [0, 0.05) is 98.2 Å². The van der Waals surface area contributed by atoms with Gasteiger partial charge in [0.15, 0.2) is 0 Å². The number of fused-ring (bicyclic) bond motifs is 6. The van der Waals surface area contributed by atoms with Crippen LogP contribution in [-0.4, -0.2) is 170 Å². The Hall–Kier alpha value is -15.1. The molecule has 752 valence electrons. The zero-order valence-corrected chi connectivity index (χ0v) is 84.5.